The first-order valence-electron chi connectivity index (χ1n) is 8.23. The van der Waals surface area contributed by atoms with Crippen LogP contribution in [0.4, 0.5) is 0 Å². The number of aliphatic carboxylic acids is 1. The van der Waals surface area contributed by atoms with Gasteiger partial charge in [0, 0.05) is 29.0 Å². The predicted molar refractivity (Wildman–Crippen MR) is 91.6 cm³/mol. The second-order valence-corrected chi connectivity index (χ2v) is 8.22. The maximum absolute atomic E-state index is 12.2. The summed E-state index contributed by atoms with van der Waals surface area (Å²) in [6, 6.07) is -0.225. The summed E-state index contributed by atoms with van der Waals surface area (Å²) >= 11 is 1.50. The van der Waals surface area contributed by atoms with Crippen LogP contribution in [0.1, 0.15) is 27.2 Å². The molecule has 3 unspecified atom stereocenters. The Morgan fingerprint density at radius 2 is 2.12 bits per heavy atom. The molecule has 8 heteroatoms. The Hall–Kier alpha value is -1.54. The first kappa shape index (κ1) is 17.3. The van der Waals surface area contributed by atoms with Gasteiger partial charge in [0.05, 0.1) is 30.4 Å². The molecule has 1 fully saturated rings. The highest BCUT2D eigenvalue weighted by molar-refractivity contribution is 8.03. The number of carbonyl (C=O) groups is 2. The summed E-state index contributed by atoms with van der Waals surface area (Å²) in [6.07, 6.45) is -0.252. The zero-order chi connectivity index (χ0) is 17.6. The van der Waals surface area contributed by atoms with Crippen molar-refractivity contribution in [3.63, 3.8) is 0 Å². The fourth-order valence-electron chi connectivity index (χ4n) is 3.54. The Morgan fingerprint density at radius 1 is 1.42 bits per heavy atom. The molecule has 0 saturated carbocycles. The lowest BCUT2D eigenvalue weighted by Crippen LogP contribution is -2.61. The van der Waals surface area contributed by atoms with E-state index in [4.69, 9.17) is 0 Å². The Balaban J connectivity index is 1.74. The van der Waals surface area contributed by atoms with E-state index in [9.17, 15) is 19.8 Å². The number of nitrogens with one attached hydrogen (secondary N) is 1. The maximum atomic E-state index is 12.2. The first-order chi connectivity index (χ1) is 11.3. The molecule has 3 aliphatic rings. The van der Waals surface area contributed by atoms with E-state index in [2.05, 4.69) is 24.2 Å². The molecule has 1 saturated heterocycles. The van der Waals surface area contributed by atoms with Gasteiger partial charge in [0.2, 0.25) is 5.91 Å². The Bertz CT molecular complexity index is 629. The van der Waals surface area contributed by atoms with Gasteiger partial charge in [-0.2, -0.15) is 0 Å². The first-order valence-corrected chi connectivity index (χ1v) is 9.11. The normalized spacial score (nSPS) is 30.7. The molecule has 4 atom stereocenters. The minimum Gasteiger partial charge on any atom is -0.477 e. The van der Waals surface area contributed by atoms with Crippen molar-refractivity contribution in [3.05, 3.63) is 10.6 Å². The minimum absolute atomic E-state index is 0.0885. The number of aliphatic hydroxyl groups is 1. The number of carboxylic acids is 1. The number of rotatable bonds is 5. The molecule has 7 nitrogen and oxygen atoms in total. The van der Waals surface area contributed by atoms with Crippen LogP contribution in [0.15, 0.2) is 15.6 Å². The Kier molecular flexibility index (Phi) is 4.61. The van der Waals surface area contributed by atoms with Gasteiger partial charge in [0.15, 0.2) is 0 Å². The highest BCUT2D eigenvalue weighted by Crippen LogP contribution is 2.47. The number of carbonyl (C=O) groups excluding carboxylic acids is 1. The highest BCUT2D eigenvalue weighted by atomic mass is 32.2. The van der Waals surface area contributed by atoms with Gasteiger partial charge >= 0.3 is 5.97 Å². The van der Waals surface area contributed by atoms with Crippen molar-refractivity contribution in [2.75, 3.05) is 13.1 Å². The summed E-state index contributed by atoms with van der Waals surface area (Å²) in [5, 5.41) is 22.7. The molecule has 0 aliphatic carbocycles. The SMILES string of the molecule is CC(C)C1=NCC(SC2=C(C(=O)O)N3C(=O)C(C(C)O)[C@H]3C2)CN1. The van der Waals surface area contributed by atoms with Crippen LogP contribution in [0, 0.1) is 11.8 Å². The predicted octanol–water partition coefficient (Wildman–Crippen LogP) is 0.654. The average molecular weight is 353 g/mol. The quantitative estimate of drug-likeness (QED) is 0.628. The summed E-state index contributed by atoms with van der Waals surface area (Å²) in [5.41, 5.74) is 0.0885. The van der Waals surface area contributed by atoms with E-state index >= 15 is 0 Å². The van der Waals surface area contributed by atoms with Crippen LogP contribution in [-0.2, 0) is 9.59 Å². The molecule has 3 N–H and O–H groups in total. The summed E-state index contributed by atoms with van der Waals surface area (Å²) in [5.74, 6) is -0.522. The number of hydrogen-bond acceptors (Lipinski definition) is 6. The number of aliphatic hydroxyl groups excluding tert-OH is 1. The topological polar surface area (TPSA) is 102 Å². The summed E-state index contributed by atoms with van der Waals surface area (Å²) in [4.78, 5) is 30.4. The molecule has 0 aromatic heterocycles. The van der Waals surface area contributed by atoms with Gasteiger partial charge < -0.3 is 20.4 Å². The summed E-state index contributed by atoms with van der Waals surface area (Å²) in [7, 11) is 0. The van der Waals surface area contributed by atoms with Gasteiger partial charge in [-0.05, 0) is 6.92 Å². The molecule has 0 spiro atoms. The molecular formula is C16H23N3O4S. The molecule has 1 amide bonds. The molecule has 132 valence electrons. The van der Waals surface area contributed by atoms with E-state index in [1.165, 1.54) is 16.7 Å². The van der Waals surface area contributed by atoms with Crippen LogP contribution in [0.25, 0.3) is 0 Å². The molecular weight excluding hydrogens is 330 g/mol. The standard InChI is InChI=1S/C16H23N3O4S/c1-7(2)14-17-5-9(6-18-14)24-11-4-10-12(8(3)20)15(21)19(10)13(11)16(22)23/h7-10,12,20H,4-6H2,1-3H3,(H,17,18)(H,22,23)/t8?,10-,12?/m1/s1. The monoisotopic (exact) mass is 353 g/mol. The van der Waals surface area contributed by atoms with Crippen molar-refractivity contribution < 1.29 is 19.8 Å². The molecule has 0 aromatic rings. The van der Waals surface area contributed by atoms with Crippen LogP contribution in [0.2, 0.25) is 0 Å². The fourth-order valence-corrected chi connectivity index (χ4v) is 4.82. The van der Waals surface area contributed by atoms with Gasteiger partial charge in [-0.25, -0.2) is 4.79 Å². The van der Waals surface area contributed by atoms with Crippen molar-refractivity contribution in [3.8, 4) is 0 Å². The van der Waals surface area contributed by atoms with Crippen molar-refractivity contribution >= 4 is 29.5 Å². The van der Waals surface area contributed by atoms with Crippen LogP contribution in [-0.4, -0.2) is 63.3 Å². The van der Waals surface area contributed by atoms with E-state index in [1.807, 2.05) is 0 Å². The van der Waals surface area contributed by atoms with Gasteiger partial charge in [-0.1, -0.05) is 13.8 Å². The number of carboxylic acid groups (broad SMARTS) is 1. The smallest absolute Gasteiger partial charge is 0.353 e. The number of thioether (sulfide) groups is 1. The molecule has 3 heterocycles. The van der Waals surface area contributed by atoms with Gasteiger partial charge in [0.25, 0.3) is 0 Å². The van der Waals surface area contributed by atoms with Gasteiger partial charge in [-0.3, -0.25) is 9.79 Å². The van der Waals surface area contributed by atoms with Crippen molar-refractivity contribution in [1.29, 1.82) is 0 Å². The van der Waals surface area contributed by atoms with E-state index < -0.39 is 18.0 Å². The molecule has 0 radical (unpaired) electrons. The number of amides is 1. The van der Waals surface area contributed by atoms with Crippen LogP contribution < -0.4 is 5.32 Å². The Labute approximate surface area is 145 Å². The third-order valence-electron chi connectivity index (χ3n) is 4.72. The molecule has 0 aromatic carbocycles. The second-order valence-electron chi connectivity index (χ2n) is 6.82. The molecule has 0 bridgehead atoms. The van der Waals surface area contributed by atoms with Crippen molar-refractivity contribution in [2.45, 2.75) is 44.6 Å². The number of aliphatic imine (C=N–C) groups is 1. The zero-order valence-electron chi connectivity index (χ0n) is 14.0. The maximum Gasteiger partial charge on any atom is 0.353 e. The van der Waals surface area contributed by atoms with Crippen molar-refractivity contribution in [1.82, 2.24) is 10.2 Å². The van der Waals surface area contributed by atoms with E-state index in [0.717, 1.165) is 17.3 Å². The van der Waals surface area contributed by atoms with Crippen LogP contribution in [0.3, 0.4) is 0 Å². The lowest BCUT2D eigenvalue weighted by Gasteiger charge is -2.44. The largest absolute Gasteiger partial charge is 0.477 e. The summed E-state index contributed by atoms with van der Waals surface area (Å²) < 4.78 is 0. The number of nitrogens with zero attached hydrogens (tertiary/aromatic N) is 2. The number of hydrogen-bond donors (Lipinski definition) is 3. The molecule has 3 aliphatic heterocycles. The number of fused-ring (bicyclic) bond motifs is 1. The number of β-lactam (4-membered cyclic amide) rings is 1. The van der Waals surface area contributed by atoms with E-state index in [-0.39, 0.29) is 22.9 Å². The second kappa shape index (κ2) is 6.40. The van der Waals surface area contributed by atoms with Crippen molar-refractivity contribution in [2.24, 2.45) is 16.8 Å². The lowest BCUT2D eigenvalue weighted by molar-refractivity contribution is -0.161. The van der Waals surface area contributed by atoms with Crippen LogP contribution >= 0.6 is 11.8 Å². The Morgan fingerprint density at radius 3 is 2.62 bits per heavy atom. The minimum atomic E-state index is -1.08. The third kappa shape index (κ3) is 2.82. The average Bonchev–Trinajstić information content (AvgIpc) is 2.81. The lowest BCUT2D eigenvalue weighted by atomic mass is 9.83. The highest BCUT2D eigenvalue weighted by Gasteiger charge is 2.56. The molecule has 3 rings (SSSR count). The van der Waals surface area contributed by atoms with Gasteiger partial charge in [0.1, 0.15) is 5.70 Å². The van der Waals surface area contributed by atoms with E-state index in [1.54, 1.807) is 6.92 Å². The van der Waals surface area contributed by atoms with E-state index in [0.29, 0.717) is 18.9 Å². The molecule has 24 heavy (non-hydrogen) atoms. The zero-order valence-corrected chi connectivity index (χ0v) is 14.8. The fraction of sp³-hybridized carbons (Fsp3) is 0.688. The van der Waals surface area contributed by atoms with Crippen LogP contribution in [0.5, 0.6) is 0 Å². The summed E-state index contributed by atoms with van der Waals surface area (Å²) in [6.45, 7) is 7.11. The third-order valence-corrected chi connectivity index (χ3v) is 6.02. The van der Waals surface area contributed by atoms with Gasteiger partial charge in [-0.15, -0.1) is 11.8 Å². The number of amidine groups is 1.